The number of rotatable bonds is 3. The molecule has 26 heavy (non-hydrogen) atoms. The summed E-state index contributed by atoms with van der Waals surface area (Å²) in [6.45, 7) is 3.93. The van der Waals surface area contributed by atoms with E-state index in [0.717, 1.165) is 68.3 Å². The average molecular weight is 354 g/mol. The number of fused-ring (bicyclic) bond motifs is 1. The van der Waals surface area contributed by atoms with Gasteiger partial charge in [-0.1, -0.05) is 0 Å². The maximum atomic E-state index is 11.9. The molecule has 0 aliphatic carbocycles. The molecule has 136 valence electrons. The van der Waals surface area contributed by atoms with Crippen molar-refractivity contribution >= 4 is 17.4 Å². The Bertz CT molecular complexity index is 835. The van der Waals surface area contributed by atoms with Crippen molar-refractivity contribution in [2.45, 2.75) is 38.3 Å². The van der Waals surface area contributed by atoms with Crippen molar-refractivity contribution in [3.05, 3.63) is 29.7 Å². The Kier molecular flexibility index (Phi) is 3.85. The van der Waals surface area contributed by atoms with Crippen molar-refractivity contribution in [1.82, 2.24) is 20.0 Å². The van der Waals surface area contributed by atoms with E-state index in [9.17, 15) is 4.79 Å². The van der Waals surface area contributed by atoms with Crippen molar-refractivity contribution in [3.63, 3.8) is 0 Å². The van der Waals surface area contributed by atoms with Gasteiger partial charge >= 0.3 is 0 Å². The highest BCUT2D eigenvalue weighted by Crippen LogP contribution is 2.29. The second-order valence-electron chi connectivity index (χ2n) is 7.19. The third kappa shape index (κ3) is 2.74. The minimum atomic E-state index is 0.198. The summed E-state index contributed by atoms with van der Waals surface area (Å²) < 4.78 is 7.53. The van der Waals surface area contributed by atoms with Crippen molar-refractivity contribution in [3.8, 4) is 0 Å². The quantitative estimate of drug-likeness (QED) is 0.828. The van der Waals surface area contributed by atoms with E-state index in [1.54, 1.807) is 0 Å². The lowest BCUT2D eigenvalue weighted by molar-refractivity contribution is -0.117. The van der Waals surface area contributed by atoms with Crippen molar-refractivity contribution in [2.75, 3.05) is 36.0 Å². The van der Waals surface area contributed by atoms with Gasteiger partial charge < -0.3 is 14.5 Å². The van der Waals surface area contributed by atoms with E-state index in [1.807, 2.05) is 22.0 Å². The third-order valence-electron chi connectivity index (χ3n) is 5.52. The standard InChI is InChI=1S/C18H22N6O2/c25-18-2-1-5-23(18)15-9-19-24(11-15)14-3-6-22(10-14)17-8-13-12-26-7-4-16(13)20-21-17/h8-9,11,14H,1-7,10,12H2. The van der Waals surface area contributed by atoms with Gasteiger partial charge in [-0.2, -0.15) is 10.2 Å². The second kappa shape index (κ2) is 6.35. The van der Waals surface area contributed by atoms with Crippen LogP contribution in [0.4, 0.5) is 11.5 Å². The molecule has 2 fully saturated rings. The summed E-state index contributed by atoms with van der Waals surface area (Å²) in [6, 6.07) is 2.40. The van der Waals surface area contributed by atoms with E-state index < -0.39 is 0 Å². The van der Waals surface area contributed by atoms with Gasteiger partial charge in [-0.05, 0) is 18.9 Å². The van der Waals surface area contributed by atoms with Gasteiger partial charge in [0, 0.05) is 44.2 Å². The lowest BCUT2D eigenvalue weighted by atomic mass is 10.1. The summed E-state index contributed by atoms with van der Waals surface area (Å²) in [6.07, 6.45) is 7.23. The molecule has 0 aromatic carbocycles. The van der Waals surface area contributed by atoms with Crippen LogP contribution in [0.15, 0.2) is 18.5 Å². The Morgan fingerprint density at radius 1 is 1.19 bits per heavy atom. The van der Waals surface area contributed by atoms with Crippen LogP contribution in [0.1, 0.15) is 36.6 Å². The Balaban J connectivity index is 1.30. The molecular formula is C18H22N6O2. The van der Waals surface area contributed by atoms with Crippen LogP contribution < -0.4 is 9.80 Å². The maximum absolute atomic E-state index is 11.9. The fourth-order valence-corrected chi connectivity index (χ4v) is 4.04. The summed E-state index contributed by atoms with van der Waals surface area (Å²) in [5.74, 6) is 1.11. The number of hydrogen-bond acceptors (Lipinski definition) is 6. The van der Waals surface area contributed by atoms with E-state index in [0.29, 0.717) is 13.0 Å². The van der Waals surface area contributed by atoms with Gasteiger partial charge in [0.05, 0.1) is 36.8 Å². The number of carbonyl (C=O) groups excluding carboxylic acids is 1. The molecule has 5 heterocycles. The van der Waals surface area contributed by atoms with Crippen molar-refractivity contribution in [2.24, 2.45) is 0 Å². The SMILES string of the molecule is O=C1CCCN1c1cnn(C2CCN(c3cc4c(nn3)CCOC4)C2)c1. The second-order valence-corrected chi connectivity index (χ2v) is 7.19. The molecule has 3 aliphatic rings. The molecule has 2 aromatic heterocycles. The number of hydrogen-bond donors (Lipinski definition) is 0. The molecule has 0 N–H and O–H groups in total. The number of aromatic nitrogens is 4. The summed E-state index contributed by atoms with van der Waals surface area (Å²) in [4.78, 5) is 16.0. The summed E-state index contributed by atoms with van der Waals surface area (Å²) >= 11 is 0. The lowest BCUT2D eigenvalue weighted by Crippen LogP contribution is -2.24. The monoisotopic (exact) mass is 354 g/mol. The Morgan fingerprint density at radius 2 is 2.15 bits per heavy atom. The summed E-state index contributed by atoms with van der Waals surface area (Å²) in [7, 11) is 0. The molecule has 0 spiro atoms. The van der Waals surface area contributed by atoms with Crippen LogP contribution in [-0.4, -0.2) is 52.1 Å². The Hall–Kier alpha value is -2.48. The predicted molar refractivity (Wildman–Crippen MR) is 95.1 cm³/mol. The molecule has 0 bridgehead atoms. The van der Waals surface area contributed by atoms with E-state index in [1.165, 1.54) is 0 Å². The lowest BCUT2D eigenvalue weighted by Gasteiger charge is -2.20. The van der Waals surface area contributed by atoms with E-state index in [-0.39, 0.29) is 11.9 Å². The molecule has 5 rings (SSSR count). The molecule has 8 nitrogen and oxygen atoms in total. The predicted octanol–water partition coefficient (Wildman–Crippen LogP) is 1.32. The number of nitrogens with zero attached hydrogens (tertiary/aromatic N) is 6. The molecule has 8 heteroatoms. The number of anilines is 2. The molecule has 2 aromatic rings. The Morgan fingerprint density at radius 3 is 3.04 bits per heavy atom. The number of ether oxygens (including phenoxy) is 1. The highest BCUT2D eigenvalue weighted by molar-refractivity contribution is 5.95. The first-order valence-electron chi connectivity index (χ1n) is 9.30. The molecule has 3 aliphatic heterocycles. The molecule has 1 atom stereocenters. The minimum absolute atomic E-state index is 0.198. The fraction of sp³-hybridized carbons (Fsp3) is 0.556. The van der Waals surface area contributed by atoms with Crippen LogP contribution in [0.25, 0.3) is 0 Å². The van der Waals surface area contributed by atoms with E-state index in [4.69, 9.17) is 4.74 Å². The van der Waals surface area contributed by atoms with Crippen molar-refractivity contribution < 1.29 is 9.53 Å². The molecule has 1 unspecified atom stereocenters. The average Bonchev–Trinajstić information content (AvgIpc) is 3.41. The van der Waals surface area contributed by atoms with E-state index in [2.05, 4.69) is 26.3 Å². The van der Waals surface area contributed by atoms with Gasteiger partial charge in [-0.3, -0.25) is 9.48 Å². The highest BCUT2D eigenvalue weighted by atomic mass is 16.5. The Labute approximate surface area is 151 Å². The first kappa shape index (κ1) is 15.7. The zero-order chi connectivity index (χ0) is 17.5. The molecular weight excluding hydrogens is 332 g/mol. The van der Waals surface area contributed by atoms with Gasteiger partial charge in [0.25, 0.3) is 0 Å². The van der Waals surface area contributed by atoms with Crippen molar-refractivity contribution in [1.29, 1.82) is 0 Å². The molecule has 0 radical (unpaired) electrons. The van der Waals surface area contributed by atoms with Gasteiger partial charge in [0.2, 0.25) is 5.91 Å². The van der Waals surface area contributed by atoms with Crippen LogP contribution in [0.2, 0.25) is 0 Å². The number of amides is 1. The van der Waals surface area contributed by atoms with Gasteiger partial charge in [-0.25, -0.2) is 0 Å². The van der Waals surface area contributed by atoms with Crippen LogP contribution in [0.5, 0.6) is 0 Å². The topological polar surface area (TPSA) is 76.4 Å². The zero-order valence-corrected chi connectivity index (χ0v) is 14.7. The fourth-order valence-electron chi connectivity index (χ4n) is 4.04. The van der Waals surface area contributed by atoms with Gasteiger partial charge in [0.1, 0.15) is 0 Å². The molecule has 2 saturated heterocycles. The van der Waals surface area contributed by atoms with Crippen LogP contribution >= 0.6 is 0 Å². The zero-order valence-electron chi connectivity index (χ0n) is 14.7. The van der Waals surface area contributed by atoms with E-state index >= 15 is 0 Å². The molecule has 0 saturated carbocycles. The third-order valence-corrected chi connectivity index (χ3v) is 5.52. The summed E-state index contributed by atoms with van der Waals surface area (Å²) in [5, 5.41) is 13.3. The van der Waals surface area contributed by atoms with Gasteiger partial charge in [-0.15, -0.1) is 5.10 Å². The largest absolute Gasteiger partial charge is 0.376 e. The van der Waals surface area contributed by atoms with Gasteiger partial charge in [0.15, 0.2) is 5.82 Å². The first-order valence-corrected chi connectivity index (χ1v) is 9.30. The maximum Gasteiger partial charge on any atom is 0.227 e. The minimum Gasteiger partial charge on any atom is -0.376 e. The number of carbonyl (C=O) groups is 1. The normalized spacial score (nSPS) is 22.9. The van der Waals surface area contributed by atoms with Crippen LogP contribution in [-0.2, 0) is 22.6 Å². The molecule has 1 amide bonds. The smallest absolute Gasteiger partial charge is 0.227 e. The van der Waals surface area contributed by atoms with Crippen LogP contribution in [0.3, 0.4) is 0 Å². The summed E-state index contributed by atoms with van der Waals surface area (Å²) in [5.41, 5.74) is 3.12. The highest BCUT2D eigenvalue weighted by Gasteiger charge is 2.28. The van der Waals surface area contributed by atoms with Crippen LogP contribution in [0, 0.1) is 0 Å². The first-order chi connectivity index (χ1) is 12.8.